The standard InChI is InChI=1S/C3H7O2.2C3H7O.2O.V/c1-5-3-2-4;2*1-3-4-2;;;/h2-3H2,1H3;2*1,3H2,2H3;;;/q-1;;;;;+1. The van der Waals surface area contributed by atoms with Crippen molar-refractivity contribution in [3.63, 3.8) is 0 Å². The van der Waals surface area contributed by atoms with Crippen LogP contribution in [0.5, 0.6) is 0 Å². The Morgan fingerprint density at radius 1 is 0.750 bits per heavy atom. The van der Waals surface area contributed by atoms with Crippen LogP contribution >= 0.6 is 0 Å². The molecule has 0 spiro atoms. The second kappa shape index (κ2) is 7.37. The quantitative estimate of drug-likeness (QED) is 0.556. The van der Waals surface area contributed by atoms with Crippen molar-refractivity contribution < 1.29 is 38.4 Å². The van der Waals surface area contributed by atoms with Gasteiger partial charge in [-0.05, 0) is 0 Å². The van der Waals surface area contributed by atoms with Crippen molar-refractivity contribution in [2.24, 2.45) is 0 Å². The van der Waals surface area contributed by atoms with E-state index in [1.807, 2.05) is 0 Å². The fraction of sp³-hybridized carbons (Fsp3) is 1.00. The molecule has 0 aromatic rings. The Balaban J connectivity index is 4.45. The fourth-order valence-corrected chi connectivity index (χ4v) is 4.28. The van der Waals surface area contributed by atoms with Crippen molar-refractivity contribution >= 4 is 0 Å². The van der Waals surface area contributed by atoms with Crippen LogP contribution < -0.4 is 0 Å². The normalized spacial score (nSPS) is 13.0. The molecule has 0 N–H and O–H groups in total. The zero-order valence-corrected chi connectivity index (χ0v) is 11.5. The Morgan fingerprint density at radius 2 is 1.19 bits per heavy atom. The third-order valence-electron chi connectivity index (χ3n) is 2.12. The number of hydrogen-bond acceptors (Lipinski definition) is 6. The first-order valence-electron chi connectivity index (χ1n) is 5.06. The van der Waals surface area contributed by atoms with Gasteiger partial charge in [-0.15, -0.1) is 0 Å². The average molecular weight is 276 g/mol. The van der Waals surface area contributed by atoms with Crippen LogP contribution in [0.4, 0.5) is 0 Å². The zero-order chi connectivity index (χ0) is 12.5. The summed E-state index contributed by atoms with van der Waals surface area (Å²) in [6, 6.07) is 0. The molecule has 6 nitrogen and oxygen atoms in total. The number of hydrogen-bond donors (Lipinski definition) is 0. The Kier molecular flexibility index (Phi) is 7.38. The molecule has 0 heterocycles. The zero-order valence-electron chi connectivity index (χ0n) is 10.1. The summed E-state index contributed by atoms with van der Waals surface area (Å²) >= 11 is -5.20. The minimum atomic E-state index is -5.20. The molecular weight excluding hydrogens is 255 g/mol. The van der Waals surface area contributed by atoms with Crippen molar-refractivity contribution in [3.05, 3.63) is 0 Å². The van der Waals surface area contributed by atoms with E-state index >= 15 is 0 Å². The van der Waals surface area contributed by atoms with E-state index in [2.05, 4.69) is 0 Å². The predicted octanol–water partition coefficient (Wildman–Crippen LogP) is 1.07. The fourth-order valence-electron chi connectivity index (χ4n) is 1.10. The molecule has 0 aliphatic rings. The second-order valence-electron chi connectivity index (χ2n) is 3.48. The molecule has 0 aromatic heterocycles. The molecule has 98 valence electrons. The topological polar surface area (TPSA) is 71.1 Å². The summed E-state index contributed by atoms with van der Waals surface area (Å²) in [5, 5.41) is -0.190. The van der Waals surface area contributed by atoms with Crippen LogP contribution in [-0.2, 0) is 38.4 Å². The van der Waals surface area contributed by atoms with Crippen LogP contribution in [0.25, 0.3) is 0 Å². The van der Waals surface area contributed by atoms with Crippen molar-refractivity contribution in [3.8, 4) is 0 Å². The van der Waals surface area contributed by atoms with Crippen molar-refractivity contribution in [2.75, 3.05) is 47.8 Å². The summed E-state index contributed by atoms with van der Waals surface area (Å²) in [5.74, 6) is 0. The van der Waals surface area contributed by atoms with E-state index in [4.69, 9.17) is 17.9 Å². The summed E-state index contributed by atoms with van der Waals surface area (Å²) in [7, 11) is 4.40. The maximum absolute atomic E-state index is 12.3. The third-order valence-corrected chi connectivity index (χ3v) is 6.57. The molecule has 0 aliphatic carbocycles. The van der Waals surface area contributed by atoms with Crippen LogP contribution in [0.15, 0.2) is 0 Å². The minimum absolute atomic E-state index is 0.0442. The van der Waals surface area contributed by atoms with Crippen LogP contribution in [0.3, 0.4) is 0 Å². The Labute approximate surface area is 96.7 Å². The molecule has 0 fully saturated rings. The summed E-state index contributed by atoms with van der Waals surface area (Å²) in [4.78, 5) is 0. The summed E-state index contributed by atoms with van der Waals surface area (Å²) in [6.45, 7) is 0.563. The molecule has 0 bridgehead atoms. The van der Waals surface area contributed by atoms with Crippen LogP contribution in [0.2, 0.25) is 10.3 Å². The third kappa shape index (κ3) is 6.57. The first-order valence-corrected chi connectivity index (χ1v) is 8.75. The van der Waals surface area contributed by atoms with Gasteiger partial charge >= 0.3 is 96.4 Å². The number of ether oxygens (including phenoxy) is 3. The number of methoxy groups -OCH3 is 3. The first-order chi connectivity index (χ1) is 7.46. The van der Waals surface area contributed by atoms with Gasteiger partial charge < -0.3 is 0 Å². The monoisotopic (exact) mass is 276 g/mol. The van der Waals surface area contributed by atoms with Crippen LogP contribution in [0, 0.1) is 0 Å². The molecular formula is C9H21O6V. The molecule has 0 radical (unpaired) electrons. The summed E-state index contributed by atoms with van der Waals surface area (Å²) < 4.78 is 43.9. The van der Waals surface area contributed by atoms with Crippen LogP contribution in [0.1, 0.15) is 0 Å². The van der Waals surface area contributed by atoms with Gasteiger partial charge in [0.1, 0.15) is 0 Å². The molecule has 0 unspecified atom stereocenters. The van der Waals surface area contributed by atoms with Crippen molar-refractivity contribution in [2.45, 2.75) is 10.3 Å². The second-order valence-corrected chi connectivity index (χ2v) is 9.10. The molecule has 0 aromatic carbocycles. The van der Waals surface area contributed by atoms with Gasteiger partial charge in [0.15, 0.2) is 0 Å². The van der Waals surface area contributed by atoms with Gasteiger partial charge in [0.25, 0.3) is 0 Å². The Bertz CT molecular complexity index is 277. The Morgan fingerprint density at radius 3 is 1.56 bits per heavy atom. The van der Waals surface area contributed by atoms with E-state index in [9.17, 15) is 7.35 Å². The van der Waals surface area contributed by atoms with E-state index in [0.29, 0.717) is 0 Å². The van der Waals surface area contributed by atoms with E-state index < -0.39 is 13.1 Å². The van der Waals surface area contributed by atoms with Gasteiger partial charge in [0, 0.05) is 0 Å². The van der Waals surface area contributed by atoms with E-state index in [0.717, 1.165) is 0 Å². The van der Waals surface area contributed by atoms with Gasteiger partial charge in [0.05, 0.1) is 0 Å². The van der Waals surface area contributed by atoms with Crippen molar-refractivity contribution in [1.82, 2.24) is 0 Å². The van der Waals surface area contributed by atoms with Crippen LogP contribution in [-0.4, -0.2) is 47.8 Å². The van der Waals surface area contributed by atoms with Crippen molar-refractivity contribution in [1.29, 1.82) is 0 Å². The molecule has 0 saturated heterocycles. The summed E-state index contributed by atoms with van der Waals surface area (Å²) in [6.07, 6.45) is 0. The molecule has 0 atom stereocenters. The maximum atomic E-state index is 12.3. The van der Waals surface area contributed by atoms with Gasteiger partial charge in [-0.2, -0.15) is 0 Å². The predicted molar refractivity (Wildman–Crippen MR) is 52.6 cm³/mol. The van der Waals surface area contributed by atoms with E-state index in [1.54, 1.807) is 0 Å². The molecule has 0 aliphatic heterocycles. The molecule has 0 amide bonds. The molecule has 0 saturated carbocycles. The summed E-state index contributed by atoms with van der Waals surface area (Å²) in [5.41, 5.74) is 0. The van der Waals surface area contributed by atoms with E-state index in [-0.39, 0.29) is 36.7 Å². The average Bonchev–Trinajstić information content (AvgIpc) is 2.25. The van der Waals surface area contributed by atoms with Gasteiger partial charge in [0.2, 0.25) is 0 Å². The van der Waals surface area contributed by atoms with Gasteiger partial charge in [-0.3, -0.25) is 0 Å². The van der Waals surface area contributed by atoms with E-state index in [1.165, 1.54) is 21.3 Å². The molecule has 16 heavy (non-hydrogen) atoms. The SMILES string of the molecule is COCC[O][V](=[O])(=[O])([CH2]COC)[CH2]COC. The van der Waals surface area contributed by atoms with Gasteiger partial charge in [-0.1, -0.05) is 0 Å². The molecule has 7 heteroatoms. The Hall–Kier alpha value is 0.0244. The molecule has 0 rings (SSSR count). The van der Waals surface area contributed by atoms with Gasteiger partial charge in [-0.25, -0.2) is 0 Å². The first kappa shape index (κ1) is 16.0. The number of rotatable bonds is 10.